The summed E-state index contributed by atoms with van der Waals surface area (Å²) in [4.78, 5) is 10.4. The number of carbonyl (C=O) groups is 1. The molecule has 15 heavy (non-hydrogen) atoms. The van der Waals surface area contributed by atoms with Gasteiger partial charge < -0.3 is 4.52 Å². The molecule has 0 atom stereocenters. The highest BCUT2D eigenvalue weighted by molar-refractivity contribution is 5.71. The average Bonchev–Trinajstić information content (AvgIpc) is 2.80. The van der Waals surface area contributed by atoms with Gasteiger partial charge in [0.25, 0.3) is 0 Å². The number of rotatable bonds is 3. The first-order chi connectivity index (χ1) is 7.20. The van der Waals surface area contributed by atoms with E-state index in [4.69, 9.17) is 4.52 Å². The summed E-state index contributed by atoms with van der Waals surface area (Å²) >= 11 is 0. The summed E-state index contributed by atoms with van der Waals surface area (Å²) in [7, 11) is 0. The van der Waals surface area contributed by atoms with Crippen LogP contribution in [0.4, 0.5) is 0 Å². The van der Waals surface area contributed by atoms with E-state index < -0.39 is 0 Å². The lowest BCUT2D eigenvalue weighted by Gasteiger charge is -1.99. The van der Waals surface area contributed by atoms with Gasteiger partial charge in [-0.1, -0.05) is 5.16 Å². The molecule has 2 rings (SSSR count). The van der Waals surface area contributed by atoms with Gasteiger partial charge in [0.05, 0.1) is 12.2 Å². The van der Waals surface area contributed by atoms with Crippen LogP contribution in [0, 0.1) is 13.8 Å². The molecule has 2 heterocycles. The summed E-state index contributed by atoms with van der Waals surface area (Å²) in [5.41, 5.74) is 2.30. The maximum absolute atomic E-state index is 10.4. The van der Waals surface area contributed by atoms with Crippen molar-refractivity contribution in [2.75, 3.05) is 0 Å². The van der Waals surface area contributed by atoms with Crippen molar-refractivity contribution in [2.24, 2.45) is 0 Å². The molecule has 2 aromatic heterocycles. The molecule has 2 aromatic rings. The lowest BCUT2D eigenvalue weighted by Crippen LogP contribution is -2.02. The average molecular weight is 205 g/mol. The van der Waals surface area contributed by atoms with Crippen molar-refractivity contribution in [3.63, 3.8) is 0 Å². The van der Waals surface area contributed by atoms with Crippen molar-refractivity contribution >= 4 is 6.29 Å². The molecule has 0 N–H and O–H groups in total. The van der Waals surface area contributed by atoms with Gasteiger partial charge in [-0.15, -0.1) is 0 Å². The van der Waals surface area contributed by atoms with Crippen molar-refractivity contribution in [1.29, 1.82) is 0 Å². The van der Waals surface area contributed by atoms with Crippen LogP contribution in [0.15, 0.2) is 16.8 Å². The topological polar surface area (TPSA) is 60.9 Å². The van der Waals surface area contributed by atoms with E-state index in [-0.39, 0.29) is 0 Å². The largest absolute Gasteiger partial charge is 0.361 e. The molecule has 0 aliphatic heterocycles. The molecule has 0 aliphatic rings. The van der Waals surface area contributed by atoms with Crippen molar-refractivity contribution in [2.45, 2.75) is 20.4 Å². The zero-order chi connectivity index (χ0) is 10.8. The fraction of sp³-hybridized carbons (Fsp3) is 0.300. The zero-order valence-corrected chi connectivity index (χ0v) is 8.60. The molecule has 0 fully saturated rings. The molecule has 0 amide bonds. The van der Waals surface area contributed by atoms with E-state index in [0.717, 1.165) is 23.3 Å². The molecule has 0 aromatic carbocycles. The highest BCUT2D eigenvalue weighted by Crippen LogP contribution is 2.13. The first-order valence-electron chi connectivity index (χ1n) is 4.61. The van der Waals surface area contributed by atoms with Crippen LogP contribution < -0.4 is 0 Å². The van der Waals surface area contributed by atoms with Gasteiger partial charge in [0, 0.05) is 11.8 Å². The standard InChI is InChI=1S/C10H11N3O2/c1-7-10(8(2)15-12-7)5-13-4-3-9(6-14)11-13/h3-4,6H,5H2,1-2H3. The van der Waals surface area contributed by atoms with E-state index >= 15 is 0 Å². The highest BCUT2D eigenvalue weighted by Gasteiger charge is 2.09. The van der Waals surface area contributed by atoms with Crippen LogP contribution >= 0.6 is 0 Å². The van der Waals surface area contributed by atoms with Crippen LogP contribution in [0.3, 0.4) is 0 Å². The number of hydrogen-bond donors (Lipinski definition) is 0. The summed E-state index contributed by atoms with van der Waals surface area (Å²) in [5.74, 6) is 0.788. The Bertz CT molecular complexity index is 465. The van der Waals surface area contributed by atoms with Crippen LogP contribution in [0.1, 0.15) is 27.5 Å². The number of aromatic nitrogens is 3. The Hall–Kier alpha value is -1.91. The van der Waals surface area contributed by atoms with Crippen molar-refractivity contribution in [1.82, 2.24) is 14.9 Å². The van der Waals surface area contributed by atoms with Gasteiger partial charge in [0.1, 0.15) is 11.5 Å². The van der Waals surface area contributed by atoms with Crippen LogP contribution in [-0.2, 0) is 6.54 Å². The Kier molecular flexibility index (Phi) is 2.37. The Labute approximate surface area is 86.7 Å². The Morgan fingerprint density at radius 1 is 1.53 bits per heavy atom. The normalized spacial score (nSPS) is 10.5. The minimum atomic E-state index is 0.432. The number of hydrogen-bond acceptors (Lipinski definition) is 4. The molecule has 0 unspecified atom stereocenters. The van der Waals surface area contributed by atoms with Crippen LogP contribution in [0.5, 0.6) is 0 Å². The van der Waals surface area contributed by atoms with Gasteiger partial charge in [0.2, 0.25) is 0 Å². The third kappa shape index (κ3) is 1.81. The molecule has 0 radical (unpaired) electrons. The molecule has 0 saturated carbocycles. The monoisotopic (exact) mass is 205 g/mol. The molecule has 0 bridgehead atoms. The summed E-state index contributed by atoms with van der Waals surface area (Å²) in [5, 5.41) is 7.92. The molecular formula is C10H11N3O2. The fourth-order valence-corrected chi connectivity index (χ4v) is 1.42. The lowest BCUT2D eigenvalue weighted by atomic mass is 10.2. The lowest BCUT2D eigenvalue weighted by molar-refractivity contribution is 0.111. The fourth-order valence-electron chi connectivity index (χ4n) is 1.42. The minimum Gasteiger partial charge on any atom is -0.361 e. The van der Waals surface area contributed by atoms with Crippen LogP contribution in [0.25, 0.3) is 0 Å². The first kappa shape index (κ1) is 9.64. The van der Waals surface area contributed by atoms with Crippen LogP contribution in [-0.4, -0.2) is 21.2 Å². The smallest absolute Gasteiger partial charge is 0.170 e. The summed E-state index contributed by atoms with van der Waals surface area (Å²) in [6.07, 6.45) is 2.49. The summed E-state index contributed by atoms with van der Waals surface area (Å²) in [6, 6.07) is 1.67. The third-order valence-corrected chi connectivity index (χ3v) is 2.28. The second-order valence-corrected chi connectivity index (χ2v) is 3.36. The van der Waals surface area contributed by atoms with E-state index in [1.807, 2.05) is 13.8 Å². The molecular weight excluding hydrogens is 194 g/mol. The maximum atomic E-state index is 10.4. The van der Waals surface area contributed by atoms with Crippen molar-refractivity contribution in [3.8, 4) is 0 Å². The molecule has 78 valence electrons. The van der Waals surface area contributed by atoms with Gasteiger partial charge in [-0.3, -0.25) is 9.48 Å². The molecule has 5 nitrogen and oxygen atoms in total. The van der Waals surface area contributed by atoms with Gasteiger partial charge in [-0.2, -0.15) is 5.10 Å². The second kappa shape index (κ2) is 3.68. The minimum absolute atomic E-state index is 0.432. The Morgan fingerprint density at radius 3 is 2.87 bits per heavy atom. The summed E-state index contributed by atoms with van der Waals surface area (Å²) in [6.45, 7) is 4.32. The quantitative estimate of drug-likeness (QED) is 0.709. The maximum Gasteiger partial charge on any atom is 0.170 e. The SMILES string of the molecule is Cc1noc(C)c1Cn1ccc(C=O)n1. The van der Waals surface area contributed by atoms with E-state index in [0.29, 0.717) is 12.2 Å². The molecule has 0 saturated heterocycles. The molecule has 0 spiro atoms. The summed E-state index contributed by atoms with van der Waals surface area (Å²) < 4.78 is 6.73. The second-order valence-electron chi connectivity index (χ2n) is 3.36. The number of carbonyl (C=O) groups excluding carboxylic acids is 1. The molecule has 5 heteroatoms. The van der Waals surface area contributed by atoms with E-state index in [1.54, 1.807) is 16.9 Å². The predicted octanol–water partition coefficient (Wildman–Crippen LogP) is 1.35. The highest BCUT2D eigenvalue weighted by atomic mass is 16.5. The Balaban J connectivity index is 2.25. The first-order valence-corrected chi connectivity index (χ1v) is 4.61. The van der Waals surface area contributed by atoms with Gasteiger partial charge in [0.15, 0.2) is 6.29 Å². The third-order valence-electron chi connectivity index (χ3n) is 2.28. The van der Waals surface area contributed by atoms with Gasteiger partial charge >= 0.3 is 0 Å². The predicted molar refractivity (Wildman–Crippen MR) is 52.7 cm³/mol. The number of nitrogens with zero attached hydrogens (tertiary/aromatic N) is 3. The molecule has 0 aliphatic carbocycles. The zero-order valence-electron chi connectivity index (χ0n) is 8.60. The van der Waals surface area contributed by atoms with Crippen LogP contribution in [0.2, 0.25) is 0 Å². The van der Waals surface area contributed by atoms with Crippen molar-refractivity contribution < 1.29 is 9.32 Å². The number of aldehydes is 1. The van der Waals surface area contributed by atoms with Gasteiger partial charge in [-0.05, 0) is 19.9 Å². The van der Waals surface area contributed by atoms with Gasteiger partial charge in [-0.25, -0.2) is 0 Å². The van der Waals surface area contributed by atoms with E-state index in [2.05, 4.69) is 10.3 Å². The van der Waals surface area contributed by atoms with Crippen molar-refractivity contribution in [3.05, 3.63) is 35.0 Å². The number of aryl methyl sites for hydroxylation is 2. The Morgan fingerprint density at radius 2 is 2.33 bits per heavy atom. The van der Waals surface area contributed by atoms with E-state index in [1.165, 1.54) is 0 Å². The van der Waals surface area contributed by atoms with E-state index in [9.17, 15) is 4.79 Å².